The summed E-state index contributed by atoms with van der Waals surface area (Å²) in [5.41, 5.74) is 7.00. The van der Waals surface area contributed by atoms with E-state index in [-0.39, 0.29) is 5.54 Å². The van der Waals surface area contributed by atoms with Crippen LogP contribution in [0.5, 0.6) is 0 Å². The van der Waals surface area contributed by atoms with Gasteiger partial charge in [0.15, 0.2) is 0 Å². The highest BCUT2D eigenvalue weighted by molar-refractivity contribution is 6.42. The van der Waals surface area contributed by atoms with Gasteiger partial charge in [0.2, 0.25) is 0 Å². The Balaban J connectivity index is 2.85. The standard InChI is InChI=1S/C12H17Cl2N/c1-3-7-12(2,15)8-9-5-4-6-10(13)11(9)14/h4-6H,3,7-8,15H2,1-2H3. The van der Waals surface area contributed by atoms with Gasteiger partial charge in [0.1, 0.15) is 0 Å². The first-order valence-electron chi connectivity index (χ1n) is 5.18. The zero-order valence-corrected chi connectivity index (χ0v) is 10.7. The summed E-state index contributed by atoms with van der Waals surface area (Å²) in [6.07, 6.45) is 2.82. The van der Waals surface area contributed by atoms with Gasteiger partial charge in [-0.25, -0.2) is 0 Å². The van der Waals surface area contributed by atoms with Crippen molar-refractivity contribution in [1.29, 1.82) is 0 Å². The van der Waals surface area contributed by atoms with E-state index in [1.54, 1.807) is 6.07 Å². The molecule has 0 saturated heterocycles. The Morgan fingerprint density at radius 3 is 2.60 bits per heavy atom. The molecule has 0 saturated carbocycles. The van der Waals surface area contributed by atoms with Crippen LogP contribution < -0.4 is 5.73 Å². The molecule has 0 radical (unpaired) electrons. The number of benzene rings is 1. The highest BCUT2D eigenvalue weighted by Gasteiger charge is 2.19. The van der Waals surface area contributed by atoms with Crippen molar-refractivity contribution in [2.24, 2.45) is 5.73 Å². The van der Waals surface area contributed by atoms with E-state index >= 15 is 0 Å². The zero-order chi connectivity index (χ0) is 11.5. The molecule has 2 N–H and O–H groups in total. The fraction of sp³-hybridized carbons (Fsp3) is 0.500. The number of hydrogen-bond acceptors (Lipinski definition) is 1. The monoisotopic (exact) mass is 245 g/mol. The molecule has 1 atom stereocenters. The van der Waals surface area contributed by atoms with E-state index in [0.717, 1.165) is 24.8 Å². The summed E-state index contributed by atoms with van der Waals surface area (Å²) in [6, 6.07) is 5.68. The maximum Gasteiger partial charge on any atom is 0.0624 e. The Labute approximate surface area is 102 Å². The Kier molecular flexibility index (Phi) is 4.45. The molecule has 0 heterocycles. The largest absolute Gasteiger partial charge is 0.325 e. The minimum Gasteiger partial charge on any atom is -0.325 e. The molecular formula is C12H17Cl2N. The summed E-state index contributed by atoms with van der Waals surface area (Å²) in [7, 11) is 0. The molecule has 15 heavy (non-hydrogen) atoms. The zero-order valence-electron chi connectivity index (χ0n) is 9.19. The second kappa shape index (κ2) is 5.20. The molecule has 0 aliphatic carbocycles. The molecular weight excluding hydrogens is 229 g/mol. The molecule has 0 amide bonds. The van der Waals surface area contributed by atoms with Gasteiger partial charge in [-0.1, -0.05) is 48.7 Å². The van der Waals surface area contributed by atoms with E-state index in [4.69, 9.17) is 28.9 Å². The van der Waals surface area contributed by atoms with Gasteiger partial charge in [-0.2, -0.15) is 0 Å². The summed E-state index contributed by atoms with van der Waals surface area (Å²) in [4.78, 5) is 0. The van der Waals surface area contributed by atoms with Crippen LogP contribution in [0, 0.1) is 0 Å². The van der Waals surface area contributed by atoms with Crippen LogP contribution in [0.15, 0.2) is 18.2 Å². The molecule has 1 aromatic carbocycles. The van der Waals surface area contributed by atoms with Gasteiger partial charge in [-0.3, -0.25) is 0 Å². The van der Waals surface area contributed by atoms with Crippen molar-refractivity contribution in [3.63, 3.8) is 0 Å². The molecule has 0 spiro atoms. The second-order valence-corrected chi connectivity index (χ2v) is 5.08. The average Bonchev–Trinajstić information content (AvgIpc) is 2.12. The number of rotatable bonds is 4. The fourth-order valence-corrected chi connectivity index (χ4v) is 2.17. The number of hydrogen-bond donors (Lipinski definition) is 1. The Hall–Kier alpha value is -0.240. The van der Waals surface area contributed by atoms with E-state index in [0.29, 0.717) is 10.0 Å². The topological polar surface area (TPSA) is 26.0 Å². The lowest BCUT2D eigenvalue weighted by Gasteiger charge is -2.24. The van der Waals surface area contributed by atoms with Crippen LogP contribution in [0.4, 0.5) is 0 Å². The minimum atomic E-state index is -0.205. The van der Waals surface area contributed by atoms with Crippen LogP contribution in [-0.2, 0) is 6.42 Å². The predicted molar refractivity (Wildman–Crippen MR) is 67.7 cm³/mol. The van der Waals surface area contributed by atoms with Gasteiger partial charge in [-0.05, 0) is 31.4 Å². The Morgan fingerprint density at radius 1 is 1.33 bits per heavy atom. The van der Waals surface area contributed by atoms with Crippen molar-refractivity contribution in [3.05, 3.63) is 33.8 Å². The van der Waals surface area contributed by atoms with Crippen LogP contribution >= 0.6 is 23.2 Å². The molecule has 0 aliphatic heterocycles. The highest BCUT2D eigenvalue weighted by atomic mass is 35.5. The Bertz CT molecular complexity index is 334. The van der Waals surface area contributed by atoms with Crippen molar-refractivity contribution in [2.45, 2.75) is 38.6 Å². The third-order valence-electron chi connectivity index (χ3n) is 2.45. The third kappa shape index (κ3) is 3.67. The van der Waals surface area contributed by atoms with Crippen LogP contribution in [-0.4, -0.2) is 5.54 Å². The summed E-state index contributed by atoms with van der Waals surface area (Å²) < 4.78 is 0. The normalized spacial score (nSPS) is 15.0. The third-order valence-corrected chi connectivity index (χ3v) is 3.31. The van der Waals surface area contributed by atoms with E-state index in [1.165, 1.54) is 0 Å². The van der Waals surface area contributed by atoms with Crippen molar-refractivity contribution in [3.8, 4) is 0 Å². The highest BCUT2D eigenvalue weighted by Crippen LogP contribution is 2.28. The van der Waals surface area contributed by atoms with Gasteiger partial charge < -0.3 is 5.73 Å². The van der Waals surface area contributed by atoms with Crippen LogP contribution in [0.25, 0.3) is 0 Å². The predicted octanol–water partition coefficient (Wildman–Crippen LogP) is 4.05. The fourth-order valence-electron chi connectivity index (χ4n) is 1.78. The smallest absolute Gasteiger partial charge is 0.0624 e. The molecule has 1 unspecified atom stereocenters. The summed E-state index contributed by atoms with van der Waals surface area (Å²) in [6.45, 7) is 4.18. The summed E-state index contributed by atoms with van der Waals surface area (Å²) >= 11 is 12.1. The lowest BCUT2D eigenvalue weighted by atomic mass is 9.89. The maximum absolute atomic E-state index is 6.18. The molecule has 1 aromatic rings. The van der Waals surface area contributed by atoms with E-state index in [9.17, 15) is 0 Å². The van der Waals surface area contributed by atoms with Crippen LogP contribution in [0.1, 0.15) is 32.3 Å². The lowest BCUT2D eigenvalue weighted by molar-refractivity contribution is 0.425. The Morgan fingerprint density at radius 2 is 2.00 bits per heavy atom. The van der Waals surface area contributed by atoms with Crippen molar-refractivity contribution in [2.75, 3.05) is 0 Å². The van der Waals surface area contributed by atoms with Gasteiger partial charge in [0.05, 0.1) is 10.0 Å². The van der Waals surface area contributed by atoms with E-state index < -0.39 is 0 Å². The maximum atomic E-state index is 6.18. The SMILES string of the molecule is CCCC(C)(N)Cc1cccc(Cl)c1Cl. The second-order valence-electron chi connectivity index (χ2n) is 4.29. The molecule has 0 bridgehead atoms. The molecule has 1 nitrogen and oxygen atoms in total. The first-order chi connectivity index (χ1) is 6.96. The van der Waals surface area contributed by atoms with Gasteiger partial charge in [-0.15, -0.1) is 0 Å². The average molecular weight is 246 g/mol. The van der Waals surface area contributed by atoms with Crippen molar-refractivity contribution >= 4 is 23.2 Å². The minimum absolute atomic E-state index is 0.205. The first-order valence-corrected chi connectivity index (χ1v) is 5.93. The molecule has 0 fully saturated rings. The molecule has 0 aliphatic rings. The summed E-state index contributed by atoms with van der Waals surface area (Å²) in [5, 5.41) is 1.23. The van der Waals surface area contributed by atoms with Crippen LogP contribution in [0.3, 0.4) is 0 Å². The summed E-state index contributed by atoms with van der Waals surface area (Å²) in [5.74, 6) is 0. The quantitative estimate of drug-likeness (QED) is 0.851. The van der Waals surface area contributed by atoms with E-state index in [2.05, 4.69) is 6.92 Å². The number of halogens is 2. The number of nitrogens with two attached hydrogens (primary N) is 1. The van der Waals surface area contributed by atoms with Crippen molar-refractivity contribution < 1.29 is 0 Å². The molecule has 3 heteroatoms. The van der Waals surface area contributed by atoms with Crippen LogP contribution in [0.2, 0.25) is 10.0 Å². The lowest BCUT2D eigenvalue weighted by Crippen LogP contribution is -2.38. The molecule has 0 aromatic heterocycles. The van der Waals surface area contributed by atoms with Gasteiger partial charge in [0, 0.05) is 5.54 Å². The van der Waals surface area contributed by atoms with Gasteiger partial charge >= 0.3 is 0 Å². The molecule has 1 rings (SSSR count). The first kappa shape index (κ1) is 12.8. The molecule has 84 valence electrons. The van der Waals surface area contributed by atoms with Gasteiger partial charge in [0.25, 0.3) is 0 Å². The van der Waals surface area contributed by atoms with Crippen molar-refractivity contribution in [1.82, 2.24) is 0 Å². The van der Waals surface area contributed by atoms with E-state index in [1.807, 2.05) is 19.1 Å².